The molecule has 1 atom stereocenters. The summed E-state index contributed by atoms with van der Waals surface area (Å²) in [7, 11) is 1.76. The van der Waals surface area contributed by atoms with Crippen LogP contribution in [0.25, 0.3) is 0 Å². The van der Waals surface area contributed by atoms with E-state index >= 15 is 0 Å². The van der Waals surface area contributed by atoms with E-state index in [-0.39, 0.29) is 30.9 Å². The van der Waals surface area contributed by atoms with Crippen molar-refractivity contribution in [3.63, 3.8) is 0 Å². The van der Waals surface area contributed by atoms with Gasteiger partial charge in [0, 0.05) is 10.2 Å². The van der Waals surface area contributed by atoms with E-state index in [4.69, 9.17) is 0 Å². The molecule has 0 saturated heterocycles. The van der Waals surface area contributed by atoms with Crippen molar-refractivity contribution in [3.05, 3.63) is 64.1 Å². The summed E-state index contributed by atoms with van der Waals surface area (Å²) < 4.78 is 1.00. The van der Waals surface area contributed by atoms with Gasteiger partial charge >= 0.3 is 0 Å². The molecule has 2 rings (SSSR count). The molecule has 5 nitrogen and oxygen atoms in total. The number of hydrogen-bond donors (Lipinski definition) is 2. The average Bonchev–Trinajstić information content (AvgIpc) is 2.62. The van der Waals surface area contributed by atoms with Crippen LogP contribution in [0, 0.1) is 0 Å². The predicted octanol–water partition coefficient (Wildman–Crippen LogP) is 3.76. The third-order valence-electron chi connectivity index (χ3n) is 4.25. The van der Waals surface area contributed by atoms with Crippen LogP contribution in [-0.4, -0.2) is 36.9 Å². The van der Waals surface area contributed by atoms with E-state index in [1.807, 2.05) is 62.4 Å². The lowest BCUT2D eigenvalue weighted by Crippen LogP contribution is -2.39. The average molecular weight is 432 g/mol. The number of hydrogen-bond acceptors (Lipinski definition) is 3. The maximum Gasteiger partial charge on any atom is 0.238 e. The Hall–Kier alpha value is -2.18. The number of halogens is 1. The van der Waals surface area contributed by atoms with Crippen LogP contribution >= 0.6 is 15.9 Å². The van der Waals surface area contributed by atoms with Gasteiger partial charge in [-0.25, -0.2) is 0 Å². The first-order valence-corrected chi connectivity index (χ1v) is 9.79. The summed E-state index contributed by atoms with van der Waals surface area (Å²) in [4.78, 5) is 26.2. The van der Waals surface area contributed by atoms with E-state index in [1.165, 1.54) is 0 Å². The normalized spacial score (nSPS) is 11.9. The fourth-order valence-corrected chi connectivity index (χ4v) is 3.07. The molecule has 0 aliphatic carbocycles. The largest absolute Gasteiger partial charge is 0.348 e. The molecule has 0 radical (unpaired) electrons. The Morgan fingerprint density at radius 2 is 1.67 bits per heavy atom. The van der Waals surface area contributed by atoms with Crippen LogP contribution < -0.4 is 10.6 Å². The highest BCUT2D eigenvalue weighted by atomic mass is 79.9. The lowest BCUT2D eigenvalue weighted by Gasteiger charge is -2.19. The van der Waals surface area contributed by atoms with E-state index in [2.05, 4.69) is 26.6 Å². The number of anilines is 1. The summed E-state index contributed by atoms with van der Waals surface area (Å²) in [5.74, 6) is -0.248. The summed E-state index contributed by atoms with van der Waals surface area (Å²) in [6.45, 7) is 4.30. The molecule has 27 heavy (non-hydrogen) atoms. The van der Waals surface area contributed by atoms with Crippen LogP contribution in [-0.2, 0) is 16.0 Å². The van der Waals surface area contributed by atoms with Crippen LogP contribution in [0.1, 0.15) is 31.0 Å². The SMILES string of the molecule is CCc1ccccc1NC(=O)CN(C)CC(=O)NC(C)c1ccc(Br)cc1. The van der Waals surface area contributed by atoms with Gasteiger partial charge in [-0.2, -0.15) is 0 Å². The Morgan fingerprint density at radius 3 is 2.33 bits per heavy atom. The van der Waals surface area contributed by atoms with E-state index in [0.717, 1.165) is 27.7 Å². The zero-order valence-electron chi connectivity index (χ0n) is 16.0. The number of nitrogens with zero attached hydrogens (tertiary/aromatic N) is 1. The van der Waals surface area contributed by atoms with Crippen molar-refractivity contribution in [2.75, 3.05) is 25.5 Å². The summed E-state index contributed by atoms with van der Waals surface area (Å²) in [6.07, 6.45) is 0.850. The van der Waals surface area contributed by atoms with Gasteiger partial charge in [-0.05, 0) is 49.7 Å². The molecule has 0 aliphatic heterocycles. The van der Waals surface area contributed by atoms with Crippen LogP contribution in [0.5, 0.6) is 0 Å². The van der Waals surface area contributed by atoms with Gasteiger partial charge in [0.2, 0.25) is 11.8 Å². The maximum absolute atomic E-state index is 12.3. The van der Waals surface area contributed by atoms with Crippen LogP contribution in [0.15, 0.2) is 53.0 Å². The Labute approximate surface area is 169 Å². The van der Waals surface area contributed by atoms with E-state index < -0.39 is 0 Å². The van der Waals surface area contributed by atoms with E-state index in [0.29, 0.717) is 0 Å². The lowest BCUT2D eigenvalue weighted by atomic mass is 10.1. The molecule has 0 fully saturated rings. The summed E-state index contributed by atoms with van der Waals surface area (Å²) in [5.41, 5.74) is 2.95. The Morgan fingerprint density at radius 1 is 1.04 bits per heavy atom. The van der Waals surface area contributed by atoms with Gasteiger partial charge in [0.15, 0.2) is 0 Å². The zero-order valence-corrected chi connectivity index (χ0v) is 17.5. The fraction of sp³-hybridized carbons (Fsp3) is 0.333. The van der Waals surface area contributed by atoms with Crippen molar-refractivity contribution in [2.45, 2.75) is 26.3 Å². The molecule has 1 unspecified atom stereocenters. The predicted molar refractivity (Wildman–Crippen MR) is 113 cm³/mol. The van der Waals surface area contributed by atoms with Gasteiger partial charge in [0.05, 0.1) is 19.1 Å². The molecule has 2 aromatic rings. The second kappa shape index (κ2) is 10.2. The number of amides is 2. The summed E-state index contributed by atoms with van der Waals surface area (Å²) in [5, 5.41) is 5.88. The Kier molecular flexibility index (Phi) is 8.00. The van der Waals surface area contributed by atoms with Crippen molar-refractivity contribution in [1.82, 2.24) is 10.2 Å². The van der Waals surface area contributed by atoms with Crippen LogP contribution in [0.2, 0.25) is 0 Å². The standard InChI is InChI=1S/C21H26BrN3O2/c1-4-16-7-5-6-8-19(16)24-21(27)14-25(3)13-20(26)23-15(2)17-9-11-18(22)12-10-17/h5-12,15H,4,13-14H2,1-3H3,(H,23,26)(H,24,27). The lowest BCUT2D eigenvalue weighted by molar-refractivity contribution is -0.123. The summed E-state index contributed by atoms with van der Waals surface area (Å²) >= 11 is 3.40. The topological polar surface area (TPSA) is 61.4 Å². The van der Waals surface area contributed by atoms with Gasteiger partial charge in [-0.1, -0.05) is 53.2 Å². The van der Waals surface area contributed by atoms with E-state index in [9.17, 15) is 9.59 Å². The number of rotatable bonds is 8. The molecule has 0 heterocycles. The van der Waals surface area contributed by atoms with Gasteiger partial charge in [-0.3, -0.25) is 14.5 Å². The first-order valence-electron chi connectivity index (χ1n) is 9.00. The minimum atomic E-state index is -0.132. The molecule has 0 spiro atoms. The highest BCUT2D eigenvalue weighted by Crippen LogP contribution is 2.17. The summed E-state index contributed by atoms with van der Waals surface area (Å²) in [6, 6.07) is 15.5. The van der Waals surface area contributed by atoms with Gasteiger partial charge in [-0.15, -0.1) is 0 Å². The Bertz CT molecular complexity index is 777. The molecule has 0 bridgehead atoms. The van der Waals surface area contributed by atoms with Crippen molar-refractivity contribution >= 4 is 33.4 Å². The molecule has 144 valence electrons. The smallest absolute Gasteiger partial charge is 0.238 e. The van der Waals surface area contributed by atoms with E-state index in [1.54, 1.807) is 11.9 Å². The second-order valence-corrected chi connectivity index (χ2v) is 7.49. The first kappa shape index (κ1) is 21.1. The highest BCUT2D eigenvalue weighted by Gasteiger charge is 2.14. The van der Waals surface area contributed by atoms with Crippen LogP contribution in [0.3, 0.4) is 0 Å². The molecular weight excluding hydrogens is 406 g/mol. The first-order chi connectivity index (χ1) is 12.9. The molecule has 0 saturated carbocycles. The Balaban J connectivity index is 1.81. The fourth-order valence-electron chi connectivity index (χ4n) is 2.81. The monoisotopic (exact) mass is 431 g/mol. The third kappa shape index (κ3) is 6.81. The number of para-hydroxylation sites is 1. The van der Waals surface area contributed by atoms with Crippen molar-refractivity contribution in [2.24, 2.45) is 0 Å². The number of carbonyl (C=O) groups excluding carboxylic acids is 2. The second-order valence-electron chi connectivity index (χ2n) is 6.57. The van der Waals surface area contributed by atoms with Gasteiger partial charge in [0.25, 0.3) is 0 Å². The molecule has 0 aliphatic rings. The number of benzene rings is 2. The van der Waals surface area contributed by atoms with Gasteiger partial charge < -0.3 is 10.6 Å². The highest BCUT2D eigenvalue weighted by molar-refractivity contribution is 9.10. The minimum Gasteiger partial charge on any atom is -0.348 e. The number of likely N-dealkylation sites (N-methyl/N-ethyl adjacent to an activating group) is 1. The quantitative estimate of drug-likeness (QED) is 0.668. The number of carbonyl (C=O) groups is 2. The van der Waals surface area contributed by atoms with Crippen LogP contribution in [0.4, 0.5) is 5.69 Å². The molecule has 2 aromatic carbocycles. The molecule has 6 heteroatoms. The van der Waals surface area contributed by atoms with Crippen molar-refractivity contribution < 1.29 is 9.59 Å². The van der Waals surface area contributed by atoms with Crippen molar-refractivity contribution in [3.8, 4) is 0 Å². The number of nitrogens with one attached hydrogen (secondary N) is 2. The molecular formula is C21H26BrN3O2. The van der Waals surface area contributed by atoms with Crippen molar-refractivity contribution in [1.29, 1.82) is 0 Å². The maximum atomic E-state index is 12.3. The number of aryl methyl sites for hydroxylation is 1. The molecule has 0 aromatic heterocycles. The minimum absolute atomic E-state index is 0.0933. The third-order valence-corrected chi connectivity index (χ3v) is 4.78. The molecule has 2 N–H and O–H groups in total. The van der Waals surface area contributed by atoms with Gasteiger partial charge in [0.1, 0.15) is 0 Å². The molecule has 2 amide bonds. The zero-order chi connectivity index (χ0) is 19.8.